The number of aliphatic hydroxyl groups is 2. The molecule has 2 unspecified atom stereocenters. The SMILES string of the molecule is CC(C(O)O)C(N)S(=O)(=O)O. The summed E-state index contributed by atoms with van der Waals surface area (Å²) < 4.78 is 28.9. The molecule has 0 fully saturated rings. The molecule has 2 atom stereocenters. The summed E-state index contributed by atoms with van der Waals surface area (Å²) in [7, 11) is -4.39. The van der Waals surface area contributed by atoms with Gasteiger partial charge in [-0.2, -0.15) is 8.42 Å². The van der Waals surface area contributed by atoms with E-state index >= 15 is 0 Å². The van der Waals surface area contributed by atoms with Crippen LogP contribution in [0.3, 0.4) is 0 Å². The molecule has 0 aliphatic rings. The van der Waals surface area contributed by atoms with Crippen LogP contribution >= 0.6 is 0 Å². The number of aliphatic hydroxyl groups excluding tert-OH is 1. The van der Waals surface area contributed by atoms with Gasteiger partial charge in [0.2, 0.25) is 0 Å². The summed E-state index contributed by atoms with van der Waals surface area (Å²) >= 11 is 0. The van der Waals surface area contributed by atoms with Crippen molar-refractivity contribution in [2.75, 3.05) is 0 Å². The summed E-state index contributed by atoms with van der Waals surface area (Å²) in [5, 5.41) is 15.2. The minimum absolute atomic E-state index is 1.12. The van der Waals surface area contributed by atoms with Crippen molar-refractivity contribution >= 4 is 10.1 Å². The lowest BCUT2D eigenvalue weighted by Crippen LogP contribution is -2.41. The molecule has 0 spiro atoms. The van der Waals surface area contributed by atoms with E-state index in [0.29, 0.717) is 0 Å². The second kappa shape index (κ2) is 3.46. The van der Waals surface area contributed by atoms with Crippen molar-refractivity contribution in [2.24, 2.45) is 11.7 Å². The number of hydrogen-bond donors (Lipinski definition) is 4. The second-order valence-corrected chi connectivity index (χ2v) is 3.83. The van der Waals surface area contributed by atoms with E-state index in [9.17, 15) is 8.42 Å². The number of hydrogen-bond acceptors (Lipinski definition) is 5. The van der Waals surface area contributed by atoms with E-state index in [4.69, 9.17) is 20.5 Å². The summed E-state index contributed by atoms with van der Waals surface area (Å²) in [4.78, 5) is 0. The van der Waals surface area contributed by atoms with Gasteiger partial charge in [0.25, 0.3) is 10.1 Å². The molecule has 0 rings (SSSR count). The highest BCUT2D eigenvalue weighted by Gasteiger charge is 2.28. The molecule has 5 N–H and O–H groups in total. The van der Waals surface area contributed by atoms with Crippen LogP contribution in [0.5, 0.6) is 0 Å². The fourth-order valence-electron chi connectivity index (χ4n) is 0.441. The molecular formula is C4H11NO5S. The predicted octanol–water partition coefficient (Wildman–Crippen LogP) is -1.89. The normalized spacial score (nSPS) is 18.4. The van der Waals surface area contributed by atoms with Gasteiger partial charge in [-0.3, -0.25) is 4.55 Å². The van der Waals surface area contributed by atoms with Crippen molar-refractivity contribution in [3.8, 4) is 0 Å². The van der Waals surface area contributed by atoms with Crippen molar-refractivity contribution < 1.29 is 23.2 Å². The van der Waals surface area contributed by atoms with E-state index in [1.807, 2.05) is 0 Å². The lowest BCUT2D eigenvalue weighted by molar-refractivity contribution is -0.0792. The Labute approximate surface area is 64.4 Å². The van der Waals surface area contributed by atoms with Crippen LogP contribution in [0, 0.1) is 5.92 Å². The number of rotatable bonds is 3. The molecule has 0 radical (unpaired) electrons. The van der Waals surface area contributed by atoms with Gasteiger partial charge in [0.05, 0.1) is 0 Å². The van der Waals surface area contributed by atoms with Crippen molar-refractivity contribution in [3.63, 3.8) is 0 Å². The Kier molecular flexibility index (Phi) is 3.39. The maximum Gasteiger partial charge on any atom is 0.281 e. The van der Waals surface area contributed by atoms with Gasteiger partial charge in [-0.1, -0.05) is 6.92 Å². The largest absolute Gasteiger partial charge is 0.368 e. The van der Waals surface area contributed by atoms with Crippen LogP contribution in [0.15, 0.2) is 0 Å². The Bertz CT molecular complexity index is 211. The topological polar surface area (TPSA) is 121 Å². The average molecular weight is 185 g/mol. The Morgan fingerprint density at radius 3 is 1.82 bits per heavy atom. The zero-order valence-corrected chi connectivity index (χ0v) is 6.69. The van der Waals surface area contributed by atoms with E-state index in [1.54, 1.807) is 0 Å². The van der Waals surface area contributed by atoms with Crippen LogP contribution in [0.1, 0.15) is 6.92 Å². The quantitative estimate of drug-likeness (QED) is 0.301. The Hall–Kier alpha value is -0.210. The number of nitrogens with two attached hydrogens (primary N) is 1. The molecule has 0 aromatic carbocycles. The maximum atomic E-state index is 10.3. The second-order valence-electron chi connectivity index (χ2n) is 2.25. The molecule has 7 heteroatoms. The van der Waals surface area contributed by atoms with Gasteiger partial charge < -0.3 is 15.9 Å². The van der Waals surface area contributed by atoms with Crippen LogP contribution in [0.4, 0.5) is 0 Å². The summed E-state index contributed by atoms with van der Waals surface area (Å²) in [6, 6.07) is 0. The van der Waals surface area contributed by atoms with Gasteiger partial charge in [0.15, 0.2) is 6.29 Å². The molecule has 11 heavy (non-hydrogen) atoms. The molecule has 0 aromatic heterocycles. The third-order valence-corrected chi connectivity index (χ3v) is 2.45. The minimum Gasteiger partial charge on any atom is -0.368 e. The van der Waals surface area contributed by atoms with Crippen molar-refractivity contribution in [1.29, 1.82) is 0 Å². The van der Waals surface area contributed by atoms with Crippen LogP contribution in [-0.2, 0) is 10.1 Å². The highest BCUT2D eigenvalue weighted by atomic mass is 32.2. The smallest absolute Gasteiger partial charge is 0.281 e. The van der Waals surface area contributed by atoms with Gasteiger partial charge in [-0.15, -0.1) is 0 Å². The summed E-state index contributed by atoms with van der Waals surface area (Å²) in [5.74, 6) is -1.12. The van der Waals surface area contributed by atoms with Gasteiger partial charge in [0.1, 0.15) is 5.37 Å². The first-order valence-corrected chi connectivity index (χ1v) is 4.35. The van der Waals surface area contributed by atoms with E-state index in [-0.39, 0.29) is 0 Å². The van der Waals surface area contributed by atoms with Crippen LogP contribution < -0.4 is 5.73 Å². The van der Waals surface area contributed by atoms with E-state index in [2.05, 4.69) is 0 Å². The molecule has 0 amide bonds. The fraction of sp³-hybridized carbons (Fsp3) is 1.00. The van der Waals surface area contributed by atoms with E-state index in [1.165, 1.54) is 6.92 Å². The van der Waals surface area contributed by atoms with Gasteiger partial charge >= 0.3 is 0 Å². The van der Waals surface area contributed by atoms with Crippen molar-refractivity contribution in [3.05, 3.63) is 0 Å². The zero-order valence-electron chi connectivity index (χ0n) is 5.88. The van der Waals surface area contributed by atoms with Crippen LogP contribution in [0.25, 0.3) is 0 Å². The summed E-state index contributed by atoms with van der Waals surface area (Å²) in [6.45, 7) is 1.20. The monoisotopic (exact) mass is 185 g/mol. The van der Waals surface area contributed by atoms with E-state index in [0.717, 1.165) is 0 Å². The van der Waals surface area contributed by atoms with Crippen LogP contribution in [-0.4, -0.2) is 34.8 Å². The molecule has 6 nitrogen and oxygen atoms in total. The average Bonchev–Trinajstić information content (AvgIpc) is 1.82. The van der Waals surface area contributed by atoms with E-state index < -0.39 is 27.7 Å². The maximum absolute atomic E-state index is 10.3. The Morgan fingerprint density at radius 2 is 1.73 bits per heavy atom. The molecule has 0 saturated heterocycles. The third-order valence-electron chi connectivity index (χ3n) is 1.33. The fourth-order valence-corrected chi connectivity index (χ4v) is 1.12. The summed E-state index contributed by atoms with van der Waals surface area (Å²) in [6.07, 6.45) is -1.85. The highest BCUT2D eigenvalue weighted by molar-refractivity contribution is 7.86. The molecule has 0 heterocycles. The molecule has 0 aromatic rings. The summed E-state index contributed by atoms with van der Waals surface area (Å²) in [5.41, 5.74) is 4.94. The third kappa shape index (κ3) is 3.12. The Balaban J connectivity index is 4.38. The minimum atomic E-state index is -4.39. The molecule has 0 aliphatic heterocycles. The molecule has 0 saturated carbocycles. The van der Waals surface area contributed by atoms with Crippen molar-refractivity contribution in [1.82, 2.24) is 0 Å². The first-order chi connectivity index (χ1) is 4.76. The van der Waals surface area contributed by atoms with Crippen molar-refractivity contribution in [2.45, 2.75) is 18.6 Å². The lowest BCUT2D eigenvalue weighted by Gasteiger charge is -2.17. The first kappa shape index (κ1) is 10.8. The standard InChI is InChI=1S/C4H11NO5S/c1-2(4(6)7)3(5)11(8,9)10/h2-4,6-7H,5H2,1H3,(H,8,9,10). The zero-order chi connectivity index (χ0) is 9.23. The first-order valence-electron chi connectivity index (χ1n) is 2.85. The molecular weight excluding hydrogens is 174 g/mol. The lowest BCUT2D eigenvalue weighted by atomic mass is 10.2. The highest BCUT2D eigenvalue weighted by Crippen LogP contribution is 2.08. The predicted molar refractivity (Wildman–Crippen MR) is 36.9 cm³/mol. The Morgan fingerprint density at radius 1 is 1.36 bits per heavy atom. The molecule has 68 valence electrons. The molecule has 0 bridgehead atoms. The van der Waals surface area contributed by atoms with Gasteiger partial charge in [-0.25, -0.2) is 0 Å². The van der Waals surface area contributed by atoms with Gasteiger partial charge in [-0.05, 0) is 0 Å². The van der Waals surface area contributed by atoms with Gasteiger partial charge in [0, 0.05) is 5.92 Å². The van der Waals surface area contributed by atoms with Crippen LogP contribution in [0.2, 0.25) is 0 Å². The molecule has 0 aliphatic carbocycles.